The van der Waals surface area contributed by atoms with Crippen molar-refractivity contribution in [1.29, 1.82) is 0 Å². The SMILES string of the molecule is S=c1[nH]c2cc(Cl)ccc2n1CCCC1CC1. The lowest BCUT2D eigenvalue weighted by Crippen LogP contribution is -1.98. The number of nitrogens with zero attached hydrogens (tertiary/aromatic N) is 1. The van der Waals surface area contributed by atoms with E-state index in [1.54, 1.807) is 0 Å². The molecule has 0 atom stereocenters. The highest BCUT2D eigenvalue weighted by Crippen LogP contribution is 2.33. The van der Waals surface area contributed by atoms with E-state index in [0.717, 1.165) is 33.3 Å². The van der Waals surface area contributed by atoms with Gasteiger partial charge in [-0.05, 0) is 49.2 Å². The summed E-state index contributed by atoms with van der Waals surface area (Å²) in [6.07, 6.45) is 5.40. The van der Waals surface area contributed by atoms with Crippen molar-refractivity contribution in [3.8, 4) is 0 Å². The third kappa shape index (κ3) is 2.40. The molecule has 0 aliphatic heterocycles. The Balaban J connectivity index is 1.86. The quantitative estimate of drug-likeness (QED) is 0.806. The summed E-state index contributed by atoms with van der Waals surface area (Å²) in [7, 11) is 0. The van der Waals surface area contributed by atoms with Gasteiger partial charge in [-0.2, -0.15) is 0 Å². The van der Waals surface area contributed by atoms with Crippen molar-refractivity contribution in [3.05, 3.63) is 28.0 Å². The number of hydrogen-bond acceptors (Lipinski definition) is 1. The molecule has 1 aromatic heterocycles. The van der Waals surface area contributed by atoms with Gasteiger partial charge in [-0.1, -0.05) is 24.4 Å². The van der Waals surface area contributed by atoms with Gasteiger partial charge in [0.05, 0.1) is 11.0 Å². The van der Waals surface area contributed by atoms with Gasteiger partial charge in [0.25, 0.3) is 0 Å². The Labute approximate surface area is 111 Å². The first-order chi connectivity index (χ1) is 8.24. The fourth-order valence-electron chi connectivity index (χ4n) is 2.30. The first-order valence-electron chi connectivity index (χ1n) is 6.12. The van der Waals surface area contributed by atoms with Crippen LogP contribution >= 0.6 is 23.8 Å². The van der Waals surface area contributed by atoms with Gasteiger partial charge in [-0.15, -0.1) is 0 Å². The second kappa shape index (κ2) is 4.46. The fourth-order valence-corrected chi connectivity index (χ4v) is 2.77. The number of aromatic nitrogens is 2. The van der Waals surface area contributed by atoms with Gasteiger partial charge in [0.15, 0.2) is 4.77 Å². The second-order valence-electron chi connectivity index (χ2n) is 4.83. The molecule has 1 aliphatic rings. The zero-order chi connectivity index (χ0) is 11.8. The highest BCUT2D eigenvalue weighted by molar-refractivity contribution is 7.71. The number of fused-ring (bicyclic) bond motifs is 1. The van der Waals surface area contributed by atoms with E-state index in [1.165, 1.54) is 25.7 Å². The molecule has 0 unspecified atom stereocenters. The van der Waals surface area contributed by atoms with Crippen molar-refractivity contribution in [2.45, 2.75) is 32.2 Å². The molecule has 3 rings (SSSR count). The molecule has 0 bridgehead atoms. The Morgan fingerprint density at radius 1 is 1.41 bits per heavy atom. The van der Waals surface area contributed by atoms with Crippen molar-refractivity contribution in [1.82, 2.24) is 9.55 Å². The summed E-state index contributed by atoms with van der Waals surface area (Å²) in [6, 6.07) is 5.90. The van der Waals surface area contributed by atoms with Crippen LogP contribution < -0.4 is 0 Å². The molecule has 1 heterocycles. The van der Waals surface area contributed by atoms with Crippen LogP contribution in [0.5, 0.6) is 0 Å². The lowest BCUT2D eigenvalue weighted by atomic mass is 10.2. The fraction of sp³-hybridized carbons (Fsp3) is 0.462. The van der Waals surface area contributed by atoms with E-state index < -0.39 is 0 Å². The Kier molecular flexibility index (Phi) is 2.97. The van der Waals surface area contributed by atoms with Crippen LogP contribution in [0.15, 0.2) is 18.2 Å². The number of benzene rings is 1. The van der Waals surface area contributed by atoms with Crippen LogP contribution in [0.25, 0.3) is 11.0 Å². The molecule has 2 aromatic rings. The molecular weight excluding hydrogens is 252 g/mol. The summed E-state index contributed by atoms with van der Waals surface area (Å²) in [4.78, 5) is 3.21. The Hall–Kier alpha value is -0.800. The van der Waals surface area contributed by atoms with Crippen molar-refractivity contribution in [2.24, 2.45) is 5.92 Å². The summed E-state index contributed by atoms with van der Waals surface area (Å²) < 4.78 is 2.99. The normalized spacial score (nSPS) is 15.6. The summed E-state index contributed by atoms with van der Waals surface area (Å²) in [6.45, 7) is 1.01. The Morgan fingerprint density at radius 3 is 3.00 bits per heavy atom. The molecule has 1 aliphatic carbocycles. The number of hydrogen-bond donors (Lipinski definition) is 1. The average Bonchev–Trinajstić information content (AvgIpc) is 3.04. The number of nitrogens with one attached hydrogen (secondary N) is 1. The van der Waals surface area contributed by atoms with Crippen molar-refractivity contribution in [2.75, 3.05) is 0 Å². The molecule has 0 spiro atoms. The number of halogens is 1. The Morgan fingerprint density at radius 2 is 2.24 bits per heavy atom. The average molecular weight is 267 g/mol. The zero-order valence-corrected chi connectivity index (χ0v) is 11.2. The van der Waals surface area contributed by atoms with E-state index in [0.29, 0.717) is 0 Å². The van der Waals surface area contributed by atoms with Crippen LogP contribution in [0.2, 0.25) is 5.02 Å². The lowest BCUT2D eigenvalue weighted by molar-refractivity contribution is 0.582. The van der Waals surface area contributed by atoms with Crippen molar-refractivity contribution in [3.63, 3.8) is 0 Å². The van der Waals surface area contributed by atoms with Gasteiger partial charge < -0.3 is 9.55 Å². The van der Waals surface area contributed by atoms with Crippen LogP contribution in [0.4, 0.5) is 0 Å². The van der Waals surface area contributed by atoms with E-state index in [4.69, 9.17) is 23.8 Å². The smallest absolute Gasteiger partial charge is 0.178 e. The maximum Gasteiger partial charge on any atom is 0.178 e. The minimum Gasteiger partial charge on any atom is -0.331 e. The van der Waals surface area contributed by atoms with E-state index in [2.05, 4.69) is 9.55 Å². The highest BCUT2D eigenvalue weighted by Gasteiger charge is 2.20. The summed E-state index contributed by atoms with van der Waals surface area (Å²) in [5, 5.41) is 0.749. The molecule has 0 saturated heterocycles. The topological polar surface area (TPSA) is 20.7 Å². The molecule has 1 fully saturated rings. The van der Waals surface area contributed by atoms with Crippen molar-refractivity contribution < 1.29 is 0 Å². The summed E-state index contributed by atoms with van der Waals surface area (Å²) in [5.74, 6) is 0.990. The minimum atomic E-state index is 0.749. The molecule has 90 valence electrons. The van der Waals surface area contributed by atoms with Gasteiger partial charge in [0.2, 0.25) is 0 Å². The van der Waals surface area contributed by atoms with Gasteiger partial charge in [0, 0.05) is 11.6 Å². The van der Waals surface area contributed by atoms with Gasteiger partial charge in [0.1, 0.15) is 0 Å². The van der Waals surface area contributed by atoms with Gasteiger partial charge in [-0.3, -0.25) is 0 Å². The van der Waals surface area contributed by atoms with Crippen LogP contribution in [0, 0.1) is 10.7 Å². The van der Waals surface area contributed by atoms with Gasteiger partial charge in [-0.25, -0.2) is 0 Å². The third-order valence-corrected chi connectivity index (χ3v) is 3.98. The van der Waals surface area contributed by atoms with E-state index in [1.807, 2.05) is 18.2 Å². The zero-order valence-electron chi connectivity index (χ0n) is 9.58. The number of H-pyrrole nitrogens is 1. The van der Waals surface area contributed by atoms with Crippen LogP contribution in [-0.4, -0.2) is 9.55 Å². The maximum absolute atomic E-state index is 5.97. The lowest BCUT2D eigenvalue weighted by Gasteiger charge is -2.03. The Bertz CT molecular complexity index is 595. The first-order valence-corrected chi connectivity index (χ1v) is 6.91. The highest BCUT2D eigenvalue weighted by atomic mass is 35.5. The predicted octanol–water partition coefficient (Wildman–Crippen LogP) is 4.54. The van der Waals surface area contributed by atoms with E-state index >= 15 is 0 Å². The number of imidazole rings is 1. The standard InChI is InChI=1S/C13H15ClN2S/c14-10-5-6-12-11(8-10)15-13(17)16(12)7-1-2-9-3-4-9/h5-6,8-9H,1-4,7H2,(H,15,17). The minimum absolute atomic E-state index is 0.749. The van der Waals surface area contributed by atoms with Crippen LogP contribution in [-0.2, 0) is 6.54 Å². The predicted molar refractivity (Wildman–Crippen MR) is 74.1 cm³/mol. The molecular formula is C13H15ClN2S. The molecule has 1 aromatic carbocycles. The van der Waals surface area contributed by atoms with E-state index in [9.17, 15) is 0 Å². The molecule has 2 nitrogen and oxygen atoms in total. The third-order valence-electron chi connectivity index (χ3n) is 3.43. The molecule has 1 saturated carbocycles. The van der Waals surface area contributed by atoms with Gasteiger partial charge >= 0.3 is 0 Å². The molecule has 17 heavy (non-hydrogen) atoms. The number of aromatic amines is 1. The molecule has 1 N–H and O–H groups in total. The molecule has 0 radical (unpaired) electrons. The summed E-state index contributed by atoms with van der Waals surface area (Å²) in [5.41, 5.74) is 2.20. The van der Waals surface area contributed by atoms with Crippen LogP contribution in [0.3, 0.4) is 0 Å². The largest absolute Gasteiger partial charge is 0.331 e. The maximum atomic E-state index is 5.97. The number of aryl methyl sites for hydroxylation is 1. The monoisotopic (exact) mass is 266 g/mol. The van der Waals surface area contributed by atoms with E-state index in [-0.39, 0.29) is 0 Å². The van der Waals surface area contributed by atoms with Crippen molar-refractivity contribution >= 4 is 34.9 Å². The summed E-state index contributed by atoms with van der Waals surface area (Å²) >= 11 is 11.3. The molecule has 4 heteroatoms. The second-order valence-corrected chi connectivity index (χ2v) is 5.65. The number of rotatable bonds is 4. The molecule has 0 amide bonds. The first kappa shape index (κ1) is 11.3. The van der Waals surface area contributed by atoms with Crippen LogP contribution in [0.1, 0.15) is 25.7 Å².